The van der Waals surface area contributed by atoms with Crippen LogP contribution in [0.1, 0.15) is 35.3 Å². The normalized spacial score (nSPS) is 24.6. The predicted molar refractivity (Wildman–Crippen MR) is 101 cm³/mol. The van der Waals surface area contributed by atoms with Crippen molar-refractivity contribution in [1.82, 2.24) is 9.55 Å². The second-order valence-electron chi connectivity index (χ2n) is 7.18. The third kappa shape index (κ3) is 2.24. The van der Waals surface area contributed by atoms with Gasteiger partial charge in [-0.3, -0.25) is 4.21 Å². The van der Waals surface area contributed by atoms with Gasteiger partial charge in [-0.15, -0.1) is 0 Å². The van der Waals surface area contributed by atoms with E-state index < -0.39 is 16.9 Å². The molecule has 4 unspecified atom stereocenters. The highest BCUT2D eigenvalue weighted by molar-refractivity contribution is 7.84. The lowest BCUT2D eigenvalue weighted by Crippen LogP contribution is -2.28. The Labute approximate surface area is 155 Å². The Hall–Kier alpha value is -2.24. The molecule has 132 valence electrons. The largest absolute Gasteiger partial charge is 0.388 e. The molecule has 5 rings (SSSR count). The fourth-order valence-corrected chi connectivity index (χ4v) is 5.18. The van der Waals surface area contributed by atoms with Crippen LogP contribution in [0.15, 0.2) is 59.9 Å². The van der Waals surface area contributed by atoms with Gasteiger partial charge in [0.2, 0.25) is 0 Å². The summed E-state index contributed by atoms with van der Waals surface area (Å²) in [6, 6.07) is 14.4. The first-order valence-corrected chi connectivity index (χ1v) is 10.5. The van der Waals surface area contributed by atoms with Gasteiger partial charge in [0.15, 0.2) is 0 Å². The van der Waals surface area contributed by atoms with Crippen molar-refractivity contribution in [3.8, 4) is 11.3 Å². The van der Waals surface area contributed by atoms with E-state index in [-0.39, 0.29) is 12.0 Å². The van der Waals surface area contributed by atoms with Gasteiger partial charge in [-0.25, -0.2) is 4.98 Å². The van der Waals surface area contributed by atoms with Crippen LogP contribution in [0.2, 0.25) is 0 Å². The van der Waals surface area contributed by atoms with E-state index in [1.54, 1.807) is 6.26 Å². The molecule has 2 heterocycles. The van der Waals surface area contributed by atoms with Crippen LogP contribution in [-0.2, 0) is 17.2 Å². The molecule has 5 heteroatoms. The lowest BCUT2D eigenvalue weighted by Gasteiger charge is -2.35. The lowest BCUT2D eigenvalue weighted by atomic mass is 9.76. The molecular weight excluding hydrogens is 344 g/mol. The fourth-order valence-electron chi connectivity index (χ4n) is 4.62. The van der Waals surface area contributed by atoms with Gasteiger partial charge in [-0.2, -0.15) is 0 Å². The molecule has 0 saturated heterocycles. The summed E-state index contributed by atoms with van der Waals surface area (Å²) >= 11 is 0. The zero-order chi connectivity index (χ0) is 17.8. The third-order valence-electron chi connectivity index (χ3n) is 5.84. The maximum absolute atomic E-state index is 11.8. The number of benzene rings is 2. The van der Waals surface area contributed by atoms with Gasteiger partial charge in [0.25, 0.3) is 0 Å². The molecule has 0 bridgehead atoms. The second kappa shape index (κ2) is 5.89. The van der Waals surface area contributed by atoms with Crippen LogP contribution in [0, 0.1) is 5.92 Å². The molecule has 0 fully saturated rings. The van der Waals surface area contributed by atoms with Crippen LogP contribution in [0.5, 0.6) is 0 Å². The first kappa shape index (κ1) is 16.0. The van der Waals surface area contributed by atoms with Crippen molar-refractivity contribution in [2.24, 2.45) is 5.92 Å². The zero-order valence-corrected chi connectivity index (χ0v) is 15.3. The molecule has 1 aliphatic heterocycles. The van der Waals surface area contributed by atoms with Crippen molar-refractivity contribution >= 4 is 10.8 Å². The molecular formula is C21H20N2O2S. The first-order valence-electron chi connectivity index (χ1n) is 8.90. The average Bonchev–Trinajstić information content (AvgIpc) is 3.23. The first-order chi connectivity index (χ1) is 12.6. The van der Waals surface area contributed by atoms with Crippen LogP contribution in [-0.4, -0.2) is 25.1 Å². The van der Waals surface area contributed by atoms with Gasteiger partial charge in [0, 0.05) is 33.4 Å². The van der Waals surface area contributed by atoms with Gasteiger partial charge in [-0.1, -0.05) is 30.3 Å². The monoisotopic (exact) mass is 364 g/mol. The Morgan fingerprint density at radius 1 is 1.19 bits per heavy atom. The molecule has 4 atom stereocenters. The molecule has 0 saturated carbocycles. The minimum atomic E-state index is -0.997. The van der Waals surface area contributed by atoms with E-state index in [1.165, 1.54) is 11.1 Å². The van der Waals surface area contributed by atoms with Crippen LogP contribution >= 0.6 is 0 Å². The van der Waals surface area contributed by atoms with Crippen LogP contribution in [0.3, 0.4) is 0 Å². The number of aryl methyl sites for hydroxylation is 1. The number of rotatable bonds is 2. The van der Waals surface area contributed by atoms with Crippen LogP contribution < -0.4 is 0 Å². The van der Waals surface area contributed by atoms with Crippen molar-refractivity contribution in [3.05, 3.63) is 71.7 Å². The quantitative estimate of drug-likeness (QED) is 0.757. The van der Waals surface area contributed by atoms with Crippen molar-refractivity contribution in [1.29, 1.82) is 0 Å². The molecule has 1 aromatic heterocycles. The summed E-state index contributed by atoms with van der Waals surface area (Å²) in [5.41, 5.74) is 5.70. The Morgan fingerprint density at radius 3 is 2.88 bits per heavy atom. The van der Waals surface area contributed by atoms with Crippen molar-refractivity contribution in [3.63, 3.8) is 0 Å². The molecule has 1 aliphatic carbocycles. The standard InChI is InChI=1S/C21H20N2O2S/c1-26(25)14-7-9-15-13(10-14)6-8-18(21(15)24)20-17-5-3-2-4-16(17)19-11-22-12-23(19)20/h2-5,7,9-12,18,20-21,24H,6,8H2,1H3. The number of hydrogen-bond acceptors (Lipinski definition) is 3. The Morgan fingerprint density at radius 2 is 2.04 bits per heavy atom. The van der Waals surface area contributed by atoms with Crippen LogP contribution in [0.4, 0.5) is 0 Å². The zero-order valence-electron chi connectivity index (χ0n) is 14.5. The highest BCUT2D eigenvalue weighted by atomic mass is 32.2. The number of fused-ring (bicyclic) bond motifs is 4. The topological polar surface area (TPSA) is 55.1 Å². The summed E-state index contributed by atoms with van der Waals surface area (Å²) in [6.07, 6.45) is 6.73. The van der Waals surface area contributed by atoms with Gasteiger partial charge in [-0.05, 0) is 41.7 Å². The second-order valence-corrected chi connectivity index (χ2v) is 8.56. The van der Waals surface area contributed by atoms with Crippen molar-refractivity contribution in [2.45, 2.75) is 29.9 Å². The molecule has 1 N–H and O–H groups in total. The fraction of sp³-hybridized carbons (Fsp3) is 0.286. The average molecular weight is 364 g/mol. The van der Waals surface area contributed by atoms with Gasteiger partial charge in [0.1, 0.15) is 0 Å². The molecule has 4 nitrogen and oxygen atoms in total. The number of aliphatic hydroxyl groups is 1. The van der Waals surface area contributed by atoms with Crippen molar-refractivity contribution < 1.29 is 9.32 Å². The molecule has 0 amide bonds. The number of nitrogens with zero attached hydrogens (tertiary/aromatic N) is 2. The Kier molecular flexibility index (Phi) is 3.62. The minimum absolute atomic E-state index is 0.0945. The summed E-state index contributed by atoms with van der Waals surface area (Å²) < 4.78 is 14.0. The van der Waals surface area contributed by atoms with E-state index in [0.717, 1.165) is 34.6 Å². The van der Waals surface area contributed by atoms with Crippen molar-refractivity contribution in [2.75, 3.05) is 6.26 Å². The molecule has 2 aliphatic rings. The summed E-state index contributed by atoms with van der Waals surface area (Å²) in [7, 11) is -0.997. The number of hydrogen-bond donors (Lipinski definition) is 1. The smallest absolute Gasteiger partial charge is 0.0956 e. The Balaban J connectivity index is 1.57. The third-order valence-corrected chi connectivity index (χ3v) is 6.76. The molecule has 3 aromatic rings. The van der Waals surface area contributed by atoms with Crippen LogP contribution in [0.25, 0.3) is 11.3 Å². The maximum Gasteiger partial charge on any atom is 0.0956 e. The summed E-state index contributed by atoms with van der Waals surface area (Å²) in [4.78, 5) is 5.17. The summed E-state index contributed by atoms with van der Waals surface area (Å²) in [6.45, 7) is 0. The summed E-state index contributed by atoms with van der Waals surface area (Å²) in [5, 5.41) is 11.2. The predicted octanol–water partition coefficient (Wildman–Crippen LogP) is 3.49. The highest BCUT2D eigenvalue weighted by Gasteiger charge is 2.40. The van der Waals surface area contributed by atoms with E-state index in [2.05, 4.69) is 33.8 Å². The van der Waals surface area contributed by atoms with E-state index in [1.807, 2.05) is 30.7 Å². The molecule has 26 heavy (non-hydrogen) atoms. The van der Waals surface area contributed by atoms with E-state index in [9.17, 15) is 9.32 Å². The lowest BCUT2D eigenvalue weighted by molar-refractivity contribution is 0.0719. The molecule has 2 aromatic carbocycles. The van der Waals surface area contributed by atoms with Gasteiger partial charge >= 0.3 is 0 Å². The van der Waals surface area contributed by atoms with E-state index in [4.69, 9.17) is 0 Å². The Bertz CT molecular complexity index is 1030. The number of aliphatic hydroxyl groups excluding tert-OH is 1. The number of imidazole rings is 1. The van der Waals surface area contributed by atoms with Gasteiger partial charge in [0.05, 0.1) is 30.4 Å². The maximum atomic E-state index is 11.8. The minimum Gasteiger partial charge on any atom is -0.388 e. The molecule has 0 radical (unpaired) electrons. The molecule has 0 spiro atoms. The highest BCUT2D eigenvalue weighted by Crippen LogP contribution is 2.49. The SMILES string of the molecule is CS(=O)c1ccc2c(c1)CCC(C1c3ccccc3-c3cncn31)C2O. The number of aromatic nitrogens is 2. The summed E-state index contributed by atoms with van der Waals surface area (Å²) in [5.74, 6) is 0.0945. The van der Waals surface area contributed by atoms with E-state index >= 15 is 0 Å². The van der Waals surface area contributed by atoms with E-state index in [0.29, 0.717) is 0 Å². The van der Waals surface area contributed by atoms with Gasteiger partial charge < -0.3 is 9.67 Å².